The van der Waals surface area contributed by atoms with Crippen LogP contribution >= 0.6 is 0 Å². The molecule has 2 aliphatic rings. The number of aliphatic hydroxyl groups excluding tert-OH is 1. The first-order valence-electron chi connectivity index (χ1n) is 24.1. The molecule has 384 valence electrons. The predicted octanol–water partition coefficient (Wildman–Crippen LogP) is 7.52. The Morgan fingerprint density at radius 1 is 0.731 bits per heavy atom. The first-order chi connectivity index (χ1) is 31.8. The lowest BCUT2D eigenvalue weighted by molar-refractivity contribution is -0.160. The maximum atomic E-state index is 13.7. The number of hydrogen-bond donors (Lipinski definition) is 2. The topological polar surface area (TPSA) is 192 Å². The highest BCUT2D eigenvalue weighted by atomic mass is 16.6. The molecule has 2 rings (SSSR count). The zero-order valence-electron chi connectivity index (χ0n) is 42.9. The van der Waals surface area contributed by atoms with E-state index in [9.17, 15) is 24.3 Å². The Bertz CT molecular complexity index is 1610. The fraction of sp³-hybridized carbons (Fsp3) is 0.769. The molecule has 67 heavy (non-hydrogen) atoms. The van der Waals surface area contributed by atoms with Gasteiger partial charge in [-0.15, -0.1) is 0 Å². The highest BCUT2D eigenvalue weighted by Gasteiger charge is 2.40. The number of methoxy groups -OCH3 is 7. The van der Waals surface area contributed by atoms with Crippen LogP contribution in [0.25, 0.3) is 0 Å². The second-order valence-corrected chi connectivity index (χ2v) is 19.0. The van der Waals surface area contributed by atoms with Crippen molar-refractivity contribution in [3.05, 3.63) is 48.1 Å². The van der Waals surface area contributed by atoms with Crippen LogP contribution in [-0.2, 0) is 61.8 Å². The van der Waals surface area contributed by atoms with E-state index in [1.54, 1.807) is 55.7 Å². The lowest BCUT2D eigenvalue weighted by Crippen LogP contribution is -2.46. The number of ketones is 1. The maximum Gasteiger partial charge on any atom is 0.331 e. The van der Waals surface area contributed by atoms with Crippen molar-refractivity contribution in [3.63, 3.8) is 0 Å². The summed E-state index contributed by atoms with van der Waals surface area (Å²) in [6.45, 7) is 13.8. The molecule has 15 heteroatoms. The highest BCUT2D eigenvalue weighted by molar-refractivity contribution is 5.84. The number of allylic oxidation sites excluding steroid dienone is 1. The molecule has 0 saturated heterocycles. The van der Waals surface area contributed by atoms with Crippen molar-refractivity contribution >= 4 is 23.7 Å². The van der Waals surface area contributed by atoms with Gasteiger partial charge in [0.15, 0.2) is 0 Å². The molecule has 0 saturated carbocycles. The van der Waals surface area contributed by atoms with Crippen LogP contribution in [0.5, 0.6) is 0 Å². The van der Waals surface area contributed by atoms with E-state index in [-0.39, 0.29) is 85.0 Å². The van der Waals surface area contributed by atoms with E-state index in [0.29, 0.717) is 44.1 Å². The molecule has 0 aromatic heterocycles. The van der Waals surface area contributed by atoms with Crippen LogP contribution < -0.4 is 0 Å². The number of hydrogen-bond acceptors (Lipinski definition) is 14. The van der Waals surface area contributed by atoms with Crippen molar-refractivity contribution < 1.29 is 72.0 Å². The van der Waals surface area contributed by atoms with E-state index in [4.69, 9.17) is 47.7 Å². The van der Waals surface area contributed by atoms with E-state index in [1.807, 2.05) is 58.9 Å². The van der Waals surface area contributed by atoms with Crippen LogP contribution in [0.3, 0.4) is 0 Å². The molecule has 0 radical (unpaired) electrons. The first-order valence-corrected chi connectivity index (χ1v) is 24.1. The molecule has 0 aromatic carbocycles. The smallest absolute Gasteiger partial charge is 0.331 e. The molecule has 15 nitrogen and oxygen atoms in total. The number of carbonyl (C=O) groups excluding carboxylic acids is 3. The van der Waals surface area contributed by atoms with Gasteiger partial charge in [0, 0.05) is 117 Å². The third kappa shape index (κ3) is 19.6. The summed E-state index contributed by atoms with van der Waals surface area (Å²) in [6, 6.07) is 0. The monoisotopic (exact) mass is 951 g/mol. The number of rotatable bonds is 18. The van der Waals surface area contributed by atoms with Gasteiger partial charge in [0.1, 0.15) is 24.1 Å². The van der Waals surface area contributed by atoms with E-state index in [2.05, 4.69) is 6.92 Å². The van der Waals surface area contributed by atoms with Crippen LogP contribution in [0.4, 0.5) is 0 Å². The Kier molecular flexibility index (Phi) is 27.7. The molecule has 17 atom stereocenters. The normalized spacial score (nSPS) is 33.7. The summed E-state index contributed by atoms with van der Waals surface area (Å²) in [6.07, 6.45) is 10.8. The molecule has 0 aliphatic carbocycles. The number of esters is 2. The van der Waals surface area contributed by atoms with E-state index < -0.39 is 60.4 Å². The van der Waals surface area contributed by atoms with Crippen LogP contribution in [0.15, 0.2) is 48.1 Å². The third-order valence-corrected chi connectivity index (χ3v) is 14.1. The Balaban J connectivity index is 2.50. The molecule has 0 aromatic rings. The minimum absolute atomic E-state index is 0.0177. The number of ether oxygens (including phenoxy) is 9. The zero-order chi connectivity index (χ0) is 50.4. The van der Waals surface area contributed by atoms with E-state index in [1.165, 1.54) is 19.3 Å². The van der Waals surface area contributed by atoms with Crippen molar-refractivity contribution in [2.75, 3.05) is 49.8 Å². The number of carboxylic acids is 1. The minimum Gasteiger partial charge on any atom is -0.481 e. The highest BCUT2D eigenvalue weighted by Crippen LogP contribution is 2.33. The number of carbonyl (C=O) groups is 4. The van der Waals surface area contributed by atoms with Gasteiger partial charge in [-0.2, -0.15) is 0 Å². The number of Topliss-reactive ketones (excluding diaryl/α,β-unsaturated/α-hetero) is 1. The largest absolute Gasteiger partial charge is 0.481 e. The van der Waals surface area contributed by atoms with Gasteiger partial charge in [0.05, 0.1) is 42.7 Å². The van der Waals surface area contributed by atoms with E-state index in [0.717, 1.165) is 0 Å². The molecular weight excluding hydrogens is 865 g/mol. The summed E-state index contributed by atoms with van der Waals surface area (Å²) in [5.74, 6) is -3.55. The Hall–Kier alpha value is -3.28. The van der Waals surface area contributed by atoms with Crippen LogP contribution in [0.1, 0.15) is 106 Å². The summed E-state index contributed by atoms with van der Waals surface area (Å²) in [4.78, 5) is 51.2. The lowest BCUT2D eigenvalue weighted by atomic mass is 9.81. The molecule has 2 N–H and O–H groups in total. The summed E-state index contributed by atoms with van der Waals surface area (Å²) >= 11 is 0. The van der Waals surface area contributed by atoms with Gasteiger partial charge in [0.25, 0.3) is 0 Å². The van der Waals surface area contributed by atoms with Crippen molar-refractivity contribution in [2.24, 2.45) is 41.4 Å². The average Bonchev–Trinajstić information content (AvgIpc) is 3.30. The van der Waals surface area contributed by atoms with Gasteiger partial charge in [-0.1, -0.05) is 78.8 Å². The number of cyclic esters (lactones) is 1. The second-order valence-electron chi connectivity index (χ2n) is 19.0. The number of aliphatic carboxylic acids is 1. The Morgan fingerprint density at radius 2 is 1.34 bits per heavy atom. The maximum absolute atomic E-state index is 13.7. The second kappa shape index (κ2) is 31.0. The van der Waals surface area contributed by atoms with Gasteiger partial charge in [-0.3, -0.25) is 9.59 Å². The standard InChI is InChI=1S/C52H86O15/c1-31-16-15-17-47(56)66-51(37(7)50(65-14)33(3)20-23-42(53)35(5)43(62-11)24-25-46(54)55)34(4)19-22-39(59-8)29-44(63-12)32(2)18-21-40(60-9)30-45(64-13)36(6)52-49(58)38(28-48(57)67-52)27-41(26-31)61-10/h15,17-19,21-22,28,31-37,39-41,43-45,49-52,58H,16,20,23-27,29-30H2,1-14H3,(H,54,55)/b17-15-,21-18+,22-19+/t31?,32?,33?,34?,35?,36?,37?,39?,40?,41?,43?,44?,45?,49-,50?,51?,52-/m0/s1. The third-order valence-electron chi connectivity index (χ3n) is 14.1. The van der Waals surface area contributed by atoms with Gasteiger partial charge < -0.3 is 52.8 Å². The number of aliphatic hydroxyl groups is 1. The summed E-state index contributed by atoms with van der Waals surface area (Å²) < 4.78 is 53.3. The summed E-state index contributed by atoms with van der Waals surface area (Å²) in [5, 5.41) is 20.8. The van der Waals surface area contributed by atoms with Gasteiger partial charge in [-0.25, -0.2) is 9.59 Å². The molecule has 15 unspecified atom stereocenters. The minimum atomic E-state index is -1.07. The van der Waals surface area contributed by atoms with Crippen molar-refractivity contribution in [1.29, 1.82) is 0 Å². The van der Waals surface area contributed by atoms with Crippen LogP contribution in [0, 0.1) is 41.4 Å². The van der Waals surface area contributed by atoms with Gasteiger partial charge >= 0.3 is 17.9 Å². The number of carboxylic acid groups (broad SMARTS) is 1. The molecule has 0 amide bonds. The molecule has 2 bridgehead atoms. The Labute approximate surface area is 401 Å². The molecule has 0 spiro atoms. The fourth-order valence-electron chi connectivity index (χ4n) is 9.61. The summed E-state index contributed by atoms with van der Waals surface area (Å²) in [7, 11) is 11.3. The number of fused-ring (bicyclic) bond motifs is 2. The molecule has 0 fully saturated rings. The zero-order valence-corrected chi connectivity index (χ0v) is 42.9. The summed E-state index contributed by atoms with van der Waals surface area (Å²) in [5.41, 5.74) is 0.528. The molecule has 2 heterocycles. The fourth-order valence-corrected chi connectivity index (χ4v) is 9.61. The molecule has 2 aliphatic heterocycles. The SMILES string of the molecule is COC1/C=C/C(C)C(C(C)C(OC)C(C)CCC(=O)C(C)C(CCC(=O)O)OC)OC(=O)/C=C\CC(C)CC(OC)CC2=CC(=O)O[C@@H](C(C)C(OC)CC(OC)/C=C/C(C)C(OC)C1)[C@H]2O. The van der Waals surface area contributed by atoms with Crippen molar-refractivity contribution in [1.82, 2.24) is 0 Å². The average molecular weight is 951 g/mol. The van der Waals surface area contributed by atoms with Crippen molar-refractivity contribution in [2.45, 2.75) is 167 Å². The van der Waals surface area contributed by atoms with E-state index >= 15 is 0 Å². The lowest BCUT2D eigenvalue weighted by Gasteiger charge is -2.37. The van der Waals surface area contributed by atoms with Gasteiger partial charge in [-0.05, 0) is 49.5 Å². The van der Waals surface area contributed by atoms with Crippen LogP contribution in [0.2, 0.25) is 0 Å². The molecular formula is C52H86O15. The van der Waals surface area contributed by atoms with Gasteiger partial charge in [0.2, 0.25) is 0 Å². The quantitative estimate of drug-likeness (QED) is 0.101. The van der Waals surface area contributed by atoms with Crippen molar-refractivity contribution in [3.8, 4) is 0 Å². The van der Waals surface area contributed by atoms with Crippen LogP contribution in [-0.4, -0.2) is 145 Å². The first kappa shape index (κ1) is 59.8. The Morgan fingerprint density at radius 3 is 1.90 bits per heavy atom. The predicted molar refractivity (Wildman–Crippen MR) is 255 cm³/mol.